The molecule has 174 valence electrons. The average Bonchev–Trinajstić information content (AvgIpc) is 3.29. The summed E-state index contributed by atoms with van der Waals surface area (Å²) in [6.45, 7) is 4.17. The summed E-state index contributed by atoms with van der Waals surface area (Å²) in [6, 6.07) is 9.35. The molecule has 0 saturated carbocycles. The Bertz CT molecular complexity index is 862. The van der Waals surface area contributed by atoms with Gasteiger partial charge in [-0.15, -0.1) is 0 Å². The van der Waals surface area contributed by atoms with Gasteiger partial charge in [0.2, 0.25) is 0 Å². The Balaban J connectivity index is 1.74. The summed E-state index contributed by atoms with van der Waals surface area (Å²) in [6.07, 6.45) is 6.18. The van der Waals surface area contributed by atoms with Crippen molar-refractivity contribution in [3.05, 3.63) is 63.4 Å². The van der Waals surface area contributed by atoms with Gasteiger partial charge in [-0.3, -0.25) is 4.79 Å². The van der Waals surface area contributed by atoms with Gasteiger partial charge >= 0.3 is 0 Å². The highest BCUT2D eigenvalue weighted by Gasteiger charge is 2.25. The standard InChI is InChI=1S/C25H30Cl2FNO3/c1-2-3-4-5-12-32-24-22(26)14-19(15-23(24)27)25(30)29(17-21-7-6-13-31-21)16-18-8-10-20(28)11-9-18/h8-11,14-15,21H,2-7,12-13,16-17H2,1H3. The highest BCUT2D eigenvalue weighted by molar-refractivity contribution is 6.37. The zero-order valence-corrected chi connectivity index (χ0v) is 19.9. The van der Waals surface area contributed by atoms with E-state index in [0.29, 0.717) is 47.7 Å². The van der Waals surface area contributed by atoms with Gasteiger partial charge in [0.25, 0.3) is 5.91 Å². The number of carbonyl (C=O) groups excluding carboxylic acids is 1. The first-order valence-electron chi connectivity index (χ1n) is 11.2. The largest absolute Gasteiger partial charge is 0.490 e. The molecule has 2 aromatic carbocycles. The smallest absolute Gasteiger partial charge is 0.254 e. The number of benzene rings is 2. The van der Waals surface area contributed by atoms with E-state index in [1.54, 1.807) is 29.2 Å². The van der Waals surface area contributed by atoms with Crippen molar-refractivity contribution >= 4 is 29.1 Å². The van der Waals surface area contributed by atoms with Crippen LogP contribution in [0.3, 0.4) is 0 Å². The Hall–Kier alpha value is -1.82. The van der Waals surface area contributed by atoms with Crippen LogP contribution in [-0.2, 0) is 11.3 Å². The van der Waals surface area contributed by atoms with E-state index >= 15 is 0 Å². The van der Waals surface area contributed by atoms with Crippen LogP contribution in [0.2, 0.25) is 10.0 Å². The summed E-state index contributed by atoms with van der Waals surface area (Å²) >= 11 is 12.8. The first kappa shape index (κ1) is 24.8. The van der Waals surface area contributed by atoms with E-state index < -0.39 is 0 Å². The Morgan fingerprint density at radius 1 is 1.16 bits per heavy atom. The van der Waals surface area contributed by atoms with E-state index in [2.05, 4.69) is 6.92 Å². The predicted octanol–water partition coefficient (Wildman–Crippen LogP) is 6.91. The number of hydrogen-bond donors (Lipinski definition) is 0. The van der Waals surface area contributed by atoms with Gasteiger partial charge in [0.05, 0.1) is 22.8 Å². The highest BCUT2D eigenvalue weighted by atomic mass is 35.5. The van der Waals surface area contributed by atoms with Crippen molar-refractivity contribution in [2.24, 2.45) is 0 Å². The monoisotopic (exact) mass is 481 g/mol. The summed E-state index contributed by atoms with van der Waals surface area (Å²) in [5.74, 6) is -0.108. The van der Waals surface area contributed by atoms with Gasteiger partial charge in [0.1, 0.15) is 5.82 Å². The summed E-state index contributed by atoms with van der Waals surface area (Å²) in [5.41, 5.74) is 1.22. The fraction of sp³-hybridized carbons (Fsp3) is 0.480. The van der Waals surface area contributed by atoms with Crippen molar-refractivity contribution in [1.82, 2.24) is 4.90 Å². The first-order valence-corrected chi connectivity index (χ1v) is 12.0. The van der Waals surface area contributed by atoms with Gasteiger partial charge in [-0.1, -0.05) is 61.5 Å². The molecule has 0 bridgehead atoms. The third kappa shape index (κ3) is 7.09. The third-order valence-corrected chi connectivity index (χ3v) is 6.07. The molecule has 1 aliphatic rings. The molecule has 0 aromatic heterocycles. The molecule has 0 aliphatic carbocycles. The van der Waals surface area contributed by atoms with Crippen molar-refractivity contribution in [3.8, 4) is 5.75 Å². The SMILES string of the molecule is CCCCCCOc1c(Cl)cc(C(=O)N(Cc2ccc(F)cc2)CC2CCCO2)cc1Cl. The lowest BCUT2D eigenvalue weighted by Crippen LogP contribution is -2.37. The molecule has 1 amide bonds. The molecular weight excluding hydrogens is 452 g/mol. The fourth-order valence-corrected chi connectivity index (χ4v) is 4.37. The zero-order chi connectivity index (χ0) is 22.9. The van der Waals surface area contributed by atoms with E-state index in [9.17, 15) is 9.18 Å². The van der Waals surface area contributed by atoms with Crippen molar-refractivity contribution < 1.29 is 18.7 Å². The molecule has 2 aromatic rings. The number of amides is 1. The van der Waals surface area contributed by atoms with Crippen LogP contribution in [0.4, 0.5) is 4.39 Å². The van der Waals surface area contributed by atoms with Crippen LogP contribution < -0.4 is 4.74 Å². The molecule has 1 aliphatic heterocycles. The van der Waals surface area contributed by atoms with Crippen LogP contribution in [0.15, 0.2) is 36.4 Å². The summed E-state index contributed by atoms with van der Waals surface area (Å²) in [5, 5.41) is 0.630. The molecule has 0 radical (unpaired) electrons. The Labute approximate surface area is 199 Å². The van der Waals surface area contributed by atoms with E-state index in [1.165, 1.54) is 12.1 Å². The van der Waals surface area contributed by atoms with Gasteiger partial charge in [0.15, 0.2) is 5.75 Å². The van der Waals surface area contributed by atoms with Crippen LogP contribution in [0, 0.1) is 5.82 Å². The highest BCUT2D eigenvalue weighted by Crippen LogP contribution is 2.35. The lowest BCUT2D eigenvalue weighted by atomic mass is 10.1. The summed E-state index contributed by atoms with van der Waals surface area (Å²) < 4.78 is 24.8. The Morgan fingerprint density at radius 2 is 1.88 bits per heavy atom. The van der Waals surface area contributed by atoms with Crippen LogP contribution in [0.5, 0.6) is 5.75 Å². The zero-order valence-electron chi connectivity index (χ0n) is 18.4. The number of ether oxygens (including phenoxy) is 2. The maximum absolute atomic E-state index is 13.4. The van der Waals surface area contributed by atoms with Crippen molar-refractivity contribution in [3.63, 3.8) is 0 Å². The van der Waals surface area contributed by atoms with Crippen LogP contribution in [-0.4, -0.2) is 36.7 Å². The Kier molecular flexibility index (Phi) is 9.64. The molecule has 3 rings (SSSR count). The molecule has 0 spiro atoms. The fourth-order valence-electron chi connectivity index (χ4n) is 3.77. The molecule has 0 N–H and O–H groups in total. The van der Waals surface area contributed by atoms with Gasteiger partial charge in [-0.2, -0.15) is 0 Å². The number of rotatable bonds is 11. The van der Waals surface area contributed by atoms with Crippen LogP contribution in [0.1, 0.15) is 61.4 Å². The normalized spacial score (nSPS) is 15.7. The average molecular weight is 482 g/mol. The summed E-state index contributed by atoms with van der Waals surface area (Å²) in [4.78, 5) is 15.1. The van der Waals surface area contributed by atoms with Gasteiger partial charge < -0.3 is 14.4 Å². The van der Waals surface area contributed by atoms with E-state index in [-0.39, 0.29) is 17.8 Å². The molecule has 32 heavy (non-hydrogen) atoms. The third-order valence-electron chi connectivity index (χ3n) is 5.51. The van der Waals surface area contributed by atoms with Crippen molar-refractivity contribution in [2.45, 2.75) is 58.1 Å². The van der Waals surface area contributed by atoms with E-state index in [1.807, 2.05) is 0 Å². The van der Waals surface area contributed by atoms with Crippen molar-refractivity contribution in [2.75, 3.05) is 19.8 Å². The Morgan fingerprint density at radius 3 is 2.50 bits per heavy atom. The lowest BCUT2D eigenvalue weighted by Gasteiger charge is -2.26. The van der Waals surface area contributed by atoms with Gasteiger partial charge in [0, 0.05) is 25.3 Å². The van der Waals surface area contributed by atoms with Crippen LogP contribution >= 0.6 is 23.2 Å². The quantitative estimate of drug-likeness (QED) is 0.327. The number of carbonyl (C=O) groups is 1. The lowest BCUT2D eigenvalue weighted by molar-refractivity contribution is 0.0507. The topological polar surface area (TPSA) is 38.8 Å². The maximum Gasteiger partial charge on any atom is 0.254 e. The molecule has 1 heterocycles. The van der Waals surface area contributed by atoms with E-state index in [4.69, 9.17) is 32.7 Å². The predicted molar refractivity (Wildman–Crippen MR) is 126 cm³/mol. The van der Waals surface area contributed by atoms with Crippen molar-refractivity contribution in [1.29, 1.82) is 0 Å². The van der Waals surface area contributed by atoms with E-state index in [0.717, 1.165) is 44.1 Å². The van der Waals surface area contributed by atoms with Gasteiger partial charge in [-0.25, -0.2) is 4.39 Å². The summed E-state index contributed by atoms with van der Waals surface area (Å²) in [7, 11) is 0. The molecule has 1 atom stereocenters. The second-order valence-electron chi connectivity index (χ2n) is 8.13. The maximum atomic E-state index is 13.4. The molecular formula is C25H30Cl2FNO3. The minimum Gasteiger partial charge on any atom is -0.490 e. The molecule has 1 unspecified atom stereocenters. The molecule has 1 saturated heterocycles. The molecule has 7 heteroatoms. The second kappa shape index (κ2) is 12.4. The number of hydrogen-bond acceptors (Lipinski definition) is 3. The second-order valence-corrected chi connectivity index (χ2v) is 8.94. The molecule has 4 nitrogen and oxygen atoms in total. The number of nitrogens with zero attached hydrogens (tertiary/aromatic N) is 1. The minimum atomic E-state index is -0.311. The van der Waals surface area contributed by atoms with Crippen LogP contribution in [0.25, 0.3) is 0 Å². The first-order chi connectivity index (χ1) is 15.5. The van der Waals surface area contributed by atoms with Gasteiger partial charge in [-0.05, 0) is 49.1 Å². The molecule has 1 fully saturated rings. The number of halogens is 3. The number of unbranched alkanes of at least 4 members (excludes halogenated alkanes) is 3. The minimum absolute atomic E-state index is 0.0175.